The van der Waals surface area contributed by atoms with Crippen LogP contribution in [0.2, 0.25) is 0 Å². The lowest BCUT2D eigenvalue weighted by atomic mass is 10.1. The van der Waals surface area contributed by atoms with Gasteiger partial charge >= 0.3 is 0 Å². The zero-order chi connectivity index (χ0) is 17.5. The standard InChI is InChI=1S/C17H21N3O4/c1-3-4-13(18)17-20-14(10-24-17)16(22)19-9-15(21)11-5-7-12(23-2)8-6-11/h5-8,10,13H,3-4,9,18H2,1-2H3,(H,19,22). The zero-order valence-electron chi connectivity index (χ0n) is 13.7. The van der Waals surface area contributed by atoms with Gasteiger partial charge in [-0.3, -0.25) is 9.59 Å². The van der Waals surface area contributed by atoms with Gasteiger partial charge in [0.1, 0.15) is 12.0 Å². The molecule has 0 bridgehead atoms. The van der Waals surface area contributed by atoms with Gasteiger partial charge < -0.3 is 20.2 Å². The molecule has 24 heavy (non-hydrogen) atoms. The highest BCUT2D eigenvalue weighted by Crippen LogP contribution is 2.15. The number of ketones is 1. The van der Waals surface area contributed by atoms with Crippen molar-refractivity contribution in [2.45, 2.75) is 25.8 Å². The van der Waals surface area contributed by atoms with Gasteiger partial charge in [-0.1, -0.05) is 13.3 Å². The fourth-order valence-corrected chi connectivity index (χ4v) is 2.13. The number of aromatic nitrogens is 1. The molecule has 1 amide bonds. The van der Waals surface area contributed by atoms with Crippen molar-refractivity contribution in [1.29, 1.82) is 0 Å². The number of rotatable bonds is 8. The summed E-state index contributed by atoms with van der Waals surface area (Å²) in [6, 6.07) is 6.33. The third-order valence-corrected chi connectivity index (χ3v) is 3.49. The van der Waals surface area contributed by atoms with Crippen LogP contribution in [0.1, 0.15) is 52.5 Å². The van der Waals surface area contributed by atoms with Gasteiger partial charge in [-0.25, -0.2) is 4.98 Å². The summed E-state index contributed by atoms with van der Waals surface area (Å²) in [5.41, 5.74) is 6.49. The Morgan fingerprint density at radius 2 is 2.04 bits per heavy atom. The average Bonchev–Trinajstić information content (AvgIpc) is 3.10. The van der Waals surface area contributed by atoms with E-state index in [1.54, 1.807) is 31.4 Å². The lowest BCUT2D eigenvalue weighted by Crippen LogP contribution is -2.29. The van der Waals surface area contributed by atoms with Crippen LogP contribution in [0.5, 0.6) is 5.75 Å². The molecule has 128 valence electrons. The normalized spacial score (nSPS) is 11.8. The number of Topliss-reactive ketones (excluding diaryl/α,β-unsaturated/α-hetero) is 1. The smallest absolute Gasteiger partial charge is 0.273 e. The largest absolute Gasteiger partial charge is 0.497 e. The molecule has 0 aliphatic rings. The van der Waals surface area contributed by atoms with E-state index in [9.17, 15) is 9.59 Å². The van der Waals surface area contributed by atoms with E-state index in [1.807, 2.05) is 6.92 Å². The van der Waals surface area contributed by atoms with E-state index in [2.05, 4.69) is 10.3 Å². The van der Waals surface area contributed by atoms with Crippen LogP contribution in [0.25, 0.3) is 0 Å². The third-order valence-electron chi connectivity index (χ3n) is 3.49. The van der Waals surface area contributed by atoms with Gasteiger partial charge in [0.15, 0.2) is 11.5 Å². The Morgan fingerprint density at radius 1 is 1.33 bits per heavy atom. The number of hydrogen-bond acceptors (Lipinski definition) is 6. The molecule has 0 radical (unpaired) electrons. The van der Waals surface area contributed by atoms with Gasteiger partial charge in [0, 0.05) is 5.56 Å². The first-order chi connectivity index (χ1) is 11.5. The number of ether oxygens (including phenoxy) is 1. The minimum Gasteiger partial charge on any atom is -0.497 e. The van der Waals surface area contributed by atoms with Crippen LogP contribution < -0.4 is 15.8 Å². The second-order valence-electron chi connectivity index (χ2n) is 5.30. The molecule has 0 aliphatic carbocycles. The van der Waals surface area contributed by atoms with Crippen LogP contribution in [0.15, 0.2) is 34.9 Å². The molecule has 0 spiro atoms. The molecule has 7 nitrogen and oxygen atoms in total. The molecule has 2 rings (SSSR count). The maximum atomic E-state index is 12.1. The topological polar surface area (TPSA) is 107 Å². The number of nitrogens with two attached hydrogens (primary N) is 1. The van der Waals surface area contributed by atoms with E-state index < -0.39 is 5.91 Å². The molecule has 1 unspecified atom stereocenters. The molecule has 0 aliphatic heterocycles. The maximum Gasteiger partial charge on any atom is 0.273 e. The van der Waals surface area contributed by atoms with E-state index in [0.29, 0.717) is 17.2 Å². The number of hydrogen-bond donors (Lipinski definition) is 2. The van der Waals surface area contributed by atoms with E-state index in [-0.39, 0.29) is 24.1 Å². The number of amides is 1. The van der Waals surface area contributed by atoms with Gasteiger partial charge in [-0.2, -0.15) is 0 Å². The number of carbonyl (C=O) groups excluding carboxylic acids is 2. The Balaban J connectivity index is 1.91. The fourth-order valence-electron chi connectivity index (χ4n) is 2.13. The molecule has 0 saturated heterocycles. The third kappa shape index (κ3) is 4.42. The summed E-state index contributed by atoms with van der Waals surface area (Å²) >= 11 is 0. The van der Waals surface area contributed by atoms with Crippen molar-refractivity contribution >= 4 is 11.7 Å². The lowest BCUT2D eigenvalue weighted by Gasteiger charge is -2.05. The Morgan fingerprint density at radius 3 is 2.67 bits per heavy atom. The number of nitrogens with one attached hydrogen (secondary N) is 1. The monoisotopic (exact) mass is 331 g/mol. The first-order valence-electron chi connectivity index (χ1n) is 7.71. The SMILES string of the molecule is CCCC(N)c1nc(C(=O)NCC(=O)c2ccc(OC)cc2)co1. The number of nitrogens with zero attached hydrogens (tertiary/aromatic N) is 1. The van der Waals surface area contributed by atoms with Crippen LogP contribution in [0, 0.1) is 0 Å². The summed E-state index contributed by atoms with van der Waals surface area (Å²) in [6.45, 7) is 1.87. The summed E-state index contributed by atoms with van der Waals surface area (Å²) < 4.78 is 10.3. The van der Waals surface area contributed by atoms with Crippen molar-refractivity contribution in [3.05, 3.63) is 47.7 Å². The molecule has 1 heterocycles. The Labute approximate surface area is 140 Å². The summed E-state index contributed by atoms with van der Waals surface area (Å²) in [5.74, 6) is 0.297. The summed E-state index contributed by atoms with van der Waals surface area (Å²) in [6.07, 6.45) is 2.86. The van der Waals surface area contributed by atoms with Gasteiger partial charge in [0.2, 0.25) is 5.89 Å². The number of carbonyl (C=O) groups is 2. The fraction of sp³-hybridized carbons (Fsp3) is 0.353. The molecule has 0 saturated carbocycles. The van der Waals surface area contributed by atoms with E-state index >= 15 is 0 Å². The van der Waals surface area contributed by atoms with Crippen molar-refractivity contribution in [3.63, 3.8) is 0 Å². The van der Waals surface area contributed by atoms with Crippen molar-refractivity contribution in [2.24, 2.45) is 5.73 Å². The molecule has 1 aromatic heterocycles. The minimum atomic E-state index is -0.476. The first-order valence-corrected chi connectivity index (χ1v) is 7.71. The van der Waals surface area contributed by atoms with E-state index in [0.717, 1.165) is 12.8 Å². The predicted octanol–water partition coefficient (Wildman–Crippen LogP) is 2.10. The molecule has 2 aromatic rings. The van der Waals surface area contributed by atoms with Crippen molar-refractivity contribution in [1.82, 2.24) is 10.3 Å². The zero-order valence-corrected chi connectivity index (χ0v) is 13.7. The summed E-state index contributed by atoms with van der Waals surface area (Å²) in [5, 5.41) is 2.53. The quantitative estimate of drug-likeness (QED) is 0.717. The molecule has 3 N–H and O–H groups in total. The van der Waals surface area contributed by atoms with Crippen molar-refractivity contribution in [2.75, 3.05) is 13.7 Å². The van der Waals surface area contributed by atoms with Crippen LogP contribution >= 0.6 is 0 Å². The Hall–Kier alpha value is -2.67. The van der Waals surface area contributed by atoms with Crippen LogP contribution in [0.3, 0.4) is 0 Å². The van der Waals surface area contributed by atoms with Gasteiger partial charge in [0.05, 0.1) is 19.7 Å². The van der Waals surface area contributed by atoms with E-state index in [1.165, 1.54) is 6.26 Å². The summed E-state index contributed by atoms with van der Waals surface area (Å²) in [4.78, 5) is 28.2. The predicted molar refractivity (Wildman–Crippen MR) is 88.0 cm³/mol. The number of oxazole rings is 1. The van der Waals surface area contributed by atoms with Crippen LogP contribution in [-0.2, 0) is 0 Å². The molecule has 1 atom stereocenters. The minimum absolute atomic E-state index is 0.110. The molecule has 7 heteroatoms. The number of benzene rings is 1. The first kappa shape index (κ1) is 17.7. The van der Waals surface area contributed by atoms with Crippen LogP contribution in [0.4, 0.5) is 0 Å². The Bertz CT molecular complexity index is 694. The van der Waals surface area contributed by atoms with Gasteiger partial charge in [0.25, 0.3) is 5.91 Å². The highest BCUT2D eigenvalue weighted by Gasteiger charge is 2.17. The van der Waals surface area contributed by atoms with Gasteiger partial charge in [-0.15, -0.1) is 0 Å². The molecular formula is C17H21N3O4. The van der Waals surface area contributed by atoms with Gasteiger partial charge in [-0.05, 0) is 30.7 Å². The van der Waals surface area contributed by atoms with E-state index in [4.69, 9.17) is 14.9 Å². The lowest BCUT2D eigenvalue weighted by molar-refractivity contribution is 0.0900. The summed E-state index contributed by atoms with van der Waals surface area (Å²) in [7, 11) is 1.55. The highest BCUT2D eigenvalue weighted by molar-refractivity contribution is 6.01. The second kappa shape index (κ2) is 8.26. The molecule has 0 fully saturated rings. The molecule has 1 aromatic carbocycles. The van der Waals surface area contributed by atoms with Crippen molar-refractivity contribution < 1.29 is 18.7 Å². The number of methoxy groups -OCH3 is 1. The average molecular weight is 331 g/mol. The second-order valence-corrected chi connectivity index (χ2v) is 5.30. The Kier molecular flexibility index (Phi) is 6.08. The molecular weight excluding hydrogens is 310 g/mol. The van der Waals surface area contributed by atoms with Crippen molar-refractivity contribution in [3.8, 4) is 5.75 Å². The maximum absolute atomic E-state index is 12.1. The highest BCUT2D eigenvalue weighted by atomic mass is 16.5. The van der Waals surface area contributed by atoms with Crippen LogP contribution in [-0.4, -0.2) is 30.3 Å².